The monoisotopic (exact) mass is 255 g/mol. The molecule has 0 aliphatic carbocycles. The van der Waals surface area contributed by atoms with Crippen molar-refractivity contribution in [3.05, 3.63) is 36.7 Å². The van der Waals surface area contributed by atoms with Crippen LogP contribution in [-0.2, 0) is 0 Å². The number of likely N-dealkylation sites (tertiary alicyclic amines) is 1. The Hall–Kier alpha value is -1.61. The molecule has 3 rings (SSSR count). The highest BCUT2D eigenvalue weighted by Gasteiger charge is 2.26. The van der Waals surface area contributed by atoms with Gasteiger partial charge in [0.15, 0.2) is 0 Å². The number of benzene rings is 1. The van der Waals surface area contributed by atoms with E-state index in [0.717, 1.165) is 19.0 Å². The molecule has 2 heterocycles. The lowest BCUT2D eigenvalue weighted by molar-refractivity contribution is 0.143. The SMILES string of the molecule is CC(C)CN1CC(Nc2ccc3cnccc3c2)C1. The quantitative estimate of drug-likeness (QED) is 0.910. The average Bonchev–Trinajstić information content (AvgIpc) is 2.35. The average molecular weight is 255 g/mol. The number of pyridine rings is 1. The molecule has 1 aromatic heterocycles. The fourth-order valence-electron chi connectivity index (χ4n) is 2.74. The summed E-state index contributed by atoms with van der Waals surface area (Å²) in [7, 11) is 0. The van der Waals surface area contributed by atoms with Crippen molar-refractivity contribution in [3.63, 3.8) is 0 Å². The van der Waals surface area contributed by atoms with E-state index in [2.05, 4.69) is 53.3 Å². The van der Waals surface area contributed by atoms with Gasteiger partial charge >= 0.3 is 0 Å². The van der Waals surface area contributed by atoms with Gasteiger partial charge in [0, 0.05) is 43.1 Å². The number of aromatic nitrogens is 1. The molecular formula is C16H21N3. The van der Waals surface area contributed by atoms with E-state index in [4.69, 9.17) is 0 Å². The molecule has 1 fully saturated rings. The first-order chi connectivity index (χ1) is 9.20. The summed E-state index contributed by atoms with van der Waals surface area (Å²) < 4.78 is 0. The highest BCUT2D eigenvalue weighted by Crippen LogP contribution is 2.21. The van der Waals surface area contributed by atoms with Crippen LogP contribution >= 0.6 is 0 Å². The minimum absolute atomic E-state index is 0.595. The maximum atomic E-state index is 4.14. The van der Waals surface area contributed by atoms with E-state index in [-0.39, 0.29) is 0 Å². The zero-order valence-electron chi connectivity index (χ0n) is 11.6. The molecule has 0 unspecified atom stereocenters. The van der Waals surface area contributed by atoms with Crippen LogP contribution in [0.15, 0.2) is 36.7 Å². The first kappa shape index (κ1) is 12.4. The van der Waals surface area contributed by atoms with Crippen LogP contribution in [0.4, 0.5) is 5.69 Å². The fourth-order valence-corrected chi connectivity index (χ4v) is 2.74. The Morgan fingerprint density at radius 3 is 2.89 bits per heavy atom. The van der Waals surface area contributed by atoms with Gasteiger partial charge in [-0.1, -0.05) is 19.9 Å². The standard InChI is InChI=1S/C16H21N3/c1-12(2)9-19-10-16(11-19)18-15-4-3-14-8-17-6-5-13(14)7-15/h3-8,12,16,18H,9-11H2,1-2H3. The van der Waals surface area contributed by atoms with Crippen LogP contribution in [0.1, 0.15) is 13.8 Å². The first-order valence-corrected chi connectivity index (χ1v) is 7.03. The van der Waals surface area contributed by atoms with Gasteiger partial charge in [-0.15, -0.1) is 0 Å². The lowest BCUT2D eigenvalue weighted by Gasteiger charge is -2.41. The van der Waals surface area contributed by atoms with Crippen molar-refractivity contribution < 1.29 is 0 Å². The number of hydrogen-bond donors (Lipinski definition) is 1. The molecule has 3 heteroatoms. The van der Waals surface area contributed by atoms with Gasteiger partial charge in [-0.2, -0.15) is 0 Å². The van der Waals surface area contributed by atoms with Crippen molar-refractivity contribution in [2.45, 2.75) is 19.9 Å². The minimum Gasteiger partial charge on any atom is -0.380 e. The number of nitrogens with zero attached hydrogens (tertiary/aromatic N) is 2. The molecule has 1 aliphatic rings. The van der Waals surface area contributed by atoms with Crippen LogP contribution < -0.4 is 5.32 Å². The van der Waals surface area contributed by atoms with Crippen molar-refractivity contribution in [1.29, 1.82) is 0 Å². The maximum absolute atomic E-state index is 4.14. The molecular weight excluding hydrogens is 234 g/mol. The number of anilines is 1. The fraction of sp³-hybridized carbons (Fsp3) is 0.438. The zero-order valence-corrected chi connectivity index (χ0v) is 11.6. The lowest BCUT2D eigenvalue weighted by atomic mass is 10.1. The van der Waals surface area contributed by atoms with Gasteiger partial charge in [0.05, 0.1) is 6.04 Å². The Labute approximate surface area is 114 Å². The maximum Gasteiger partial charge on any atom is 0.0515 e. The van der Waals surface area contributed by atoms with Crippen LogP contribution in [0.25, 0.3) is 10.8 Å². The molecule has 0 spiro atoms. The predicted molar refractivity (Wildman–Crippen MR) is 80.4 cm³/mol. The smallest absolute Gasteiger partial charge is 0.0515 e. The number of nitrogens with one attached hydrogen (secondary N) is 1. The molecule has 100 valence electrons. The highest BCUT2D eigenvalue weighted by molar-refractivity contribution is 5.84. The van der Waals surface area contributed by atoms with Gasteiger partial charge in [-0.05, 0) is 29.5 Å². The summed E-state index contributed by atoms with van der Waals surface area (Å²) in [5.41, 5.74) is 1.22. The molecule has 1 N–H and O–H groups in total. The van der Waals surface area contributed by atoms with Crippen molar-refractivity contribution in [2.24, 2.45) is 5.92 Å². The minimum atomic E-state index is 0.595. The molecule has 0 amide bonds. The van der Waals surface area contributed by atoms with Crippen LogP contribution in [0.5, 0.6) is 0 Å². The van der Waals surface area contributed by atoms with Crippen LogP contribution in [-0.4, -0.2) is 35.6 Å². The van der Waals surface area contributed by atoms with E-state index in [1.54, 1.807) is 0 Å². The van der Waals surface area contributed by atoms with E-state index >= 15 is 0 Å². The predicted octanol–water partition coefficient (Wildman–Crippen LogP) is 2.99. The van der Waals surface area contributed by atoms with Gasteiger partial charge < -0.3 is 5.32 Å². The van der Waals surface area contributed by atoms with Gasteiger partial charge in [0.2, 0.25) is 0 Å². The molecule has 0 saturated carbocycles. The summed E-state index contributed by atoms with van der Waals surface area (Å²) in [4.78, 5) is 6.65. The van der Waals surface area contributed by atoms with Crippen molar-refractivity contribution in [3.8, 4) is 0 Å². The zero-order chi connectivity index (χ0) is 13.2. The third kappa shape index (κ3) is 2.87. The molecule has 1 aromatic carbocycles. The van der Waals surface area contributed by atoms with Gasteiger partial charge in [-0.3, -0.25) is 9.88 Å². The van der Waals surface area contributed by atoms with E-state index < -0.39 is 0 Å². The van der Waals surface area contributed by atoms with E-state index in [1.807, 2.05) is 12.4 Å². The molecule has 1 saturated heterocycles. The van der Waals surface area contributed by atoms with Crippen molar-refractivity contribution in [2.75, 3.05) is 25.0 Å². The number of rotatable bonds is 4. The summed E-state index contributed by atoms with van der Waals surface area (Å²) in [5, 5.41) is 6.06. The van der Waals surface area contributed by atoms with Crippen molar-refractivity contribution >= 4 is 16.5 Å². The second-order valence-corrected chi connectivity index (χ2v) is 5.89. The van der Waals surface area contributed by atoms with E-state index in [9.17, 15) is 0 Å². The van der Waals surface area contributed by atoms with Crippen LogP contribution in [0.2, 0.25) is 0 Å². The topological polar surface area (TPSA) is 28.2 Å². The molecule has 0 radical (unpaired) electrons. The molecule has 19 heavy (non-hydrogen) atoms. The lowest BCUT2D eigenvalue weighted by Crippen LogP contribution is -2.55. The van der Waals surface area contributed by atoms with Crippen molar-refractivity contribution in [1.82, 2.24) is 9.88 Å². The molecule has 1 aliphatic heterocycles. The summed E-state index contributed by atoms with van der Waals surface area (Å²) in [5.74, 6) is 0.758. The Morgan fingerprint density at radius 2 is 2.11 bits per heavy atom. The Kier molecular flexibility index (Phi) is 3.38. The Balaban J connectivity index is 1.61. The largest absolute Gasteiger partial charge is 0.380 e. The normalized spacial score (nSPS) is 16.8. The number of fused-ring (bicyclic) bond motifs is 1. The number of hydrogen-bond acceptors (Lipinski definition) is 3. The summed E-state index contributed by atoms with van der Waals surface area (Å²) >= 11 is 0. The summed E-state index contributed by atoms with van der Waals surface area (Å²) in [6.45, 7) is 8.08. The van der Waals surface area contributed by atoms with E-state index in [1.165, 1.54) is 23.0 Å². The van der Waals surface area contributed by atoms with Crippen LogP contribution in [0.3, 0.4) is 0 Å². The Bertz CT molecular complexity index is 559. The Morgan fingerprint density at radius 1 is 1.26 bits per heavy atom. The molecule has 0 bridgehead atoms. The molecule has 3 nitrogen and oxygen atoms in total. The molecule has 2 aromatic rings. The van der Waals surface area contributed by atoms with Crippen LogP contribution in [0, 0.1) is 5.92 Å². The van der Waals surface area contributed by atoms with E-state index in [0.29, 0.717) is 6.04 Å². The summed E-state index contributed by atoms with van der Waals surface area (Å²) in [6, 6.07) is 9.15. The van der Waals surface area contributed by atoms with Gasteiger partial charge in [0.25, 0.3) is 0 Å². The second-order valence-electron chi connectivity index (χ2n) is 5.89. The highest BCUT2D eigenvalue weighted by atomic mass is 15.2. The second kappa shape index (κ2) is 5.17. The molecule has 0 atom stereocenters. The third-order valence-electron chi connectivity index (χ3n) is 3.59. The third-order valence-corrected chi connectivity index (χ3v) is 3.59. The van der Waals surface area contributed by atoms with Gasteiger partial charge in [-0.25, -0.2) is 0 Å². The summed E-state index contributed by atoms with van der Waals surface area (Å²) in [6.07, 6.45) is 3.76. The van der Waals surface area contributed by atoms with Gasteiger partial charge in [0.1, 0.15) is 0 Å². The first-order valence-electron chi connectivity index (χ1n) is 7.03.